The lowest BCUT2D eigenvalue weighted by atomic mass is 10.2. The van der Waals surface area contributed by atoms with Crippen LogP contribution >= 0.6 is 23.5 Å². The van der Waals surface area contributed by atoms with Crippen LogP contribution in [0.1, 0.15) is 65.7 Å². The predicted molar refractivity (Wildman–Crippen MR) is 304 cm³/mol. The number of thioether (sulfide) groups is 2. The van der Waals surface area contributed by atoms with Crippen LogP contribution in [-0.2, 0) is 54.1 Å². The number of nitrogens with one attached hydrogen (secondary N) is 7. The Bertz CT molecular complexity index is 1720. The monoisotopic (exact) mass is 1160 g/mol. The van der Waals surface area contributed by atoms with Gasteiger partial charge in [-0.05, 0) is 133 Å². The van der Waals surface area contributed by atoms with E-state index in [4.69, 9.17) is 25.7 Å². The van der Waals surface area contributed by atoms with Crippen molar-refractivity contribution in [1.29, 1.82) is 0 Å². The van der Waals surface area contributed by atoms with Gasteiger partial charge in [0.2, 0.25) is 41.4 Å². The second-order valence-corrected chi connectivity index (χ2v) is 46.6. The van der Waals surface area contributed by atoms with E-state index in [0.29, 0.717) is 79.9 Å². The van der Waals surface area contributed by atoms with Gasteiger partial charge >= 0.3 is 34.2 Å². The topological polar surface area (TPSA) is 270 Å². The Kier molecular flexibility index (Phi) is 34.1. The van der Waals surface area contributed by atoms with E-state index in [2.05, 4.69) is 110 Å². The fourth-order valence-corrected chi connectivity index (χ4v) is 39.4. The van der Waals surface area contributed by atoms with Crippen LogP contribution in [0.15, 0.2) is 12.7 Å². The molecule has 0 aromatic rings. The number of carbonyl (C=O) groups is 7. The average molecular weight is 1160 g/mol. The Balaban J connectivity index is 6.07. The van der Waals surface area contributed by atoms with Crippen molar-refractivity contribution in [3.8, 4) is 0 Å². The fourth-order valence-electron chi connectivity index (χ4n) is 7.79. The molecule has 0 rings (SSSR count). The third kappa shape index (κ3) is 35.9. The summed E-state index contributed by atoms with van der Waals surface area (Å²) >= 11 is 3.00. The fraction of sp³-hybridized carbons (Fsp3) is 0.795. The molecule has 0 aromatic carbocycles. The summed E-state index contributed by atoms with van der Waals surface area (Å²) in [6.45, 7) is 32.1. The normalized spacial score (nSPS) is 15.3. The molecular weight excluding hydrogens is 1070 g/mol. The first kappa shape index (κ1) is 69.8. The van der Waals surface area contributed by atoms with Crippen molar-refractivity contribution >= 4 is 116 Å². The summed E-state index contributed by atoms with van der Waals surface area (Å²) in [6.07, 6.45) is 4.30. The average Bonchev–Trinajstić information content (AvgIpc) is 3.22. The van der Waals surface area contributed by atoms with Crippen molar-refractivity contribution in [2.24, 2.45) is 0 Å². The number of hydrogen-bond donors (Lipinski definition) is 8. The van der Waals surface area contributed by atoms with Gasteiger partial charge in [-0.25, -0.2) is 0 Å². The van der Waals surface area contributed by atoms with Gasteiger partial charge in [-0.15, -0.1) is 0 Å². The van der Waals surface area contributed by atoms with Crippen LogP contribution in [0.4, 0.5) is 0 Å². The highest BCUT2D eigenvalue weighted by Crippen LogP contribution is 2.34. The predicted octanol–water partition coefficient (Wildman–Crippen LogP) is 4.60. The molecule has 0 saturated carbocycles. The summed E-state index contributed by atoms with van der Waals surface area (Å²) in [6, 6.07) is 0.296. The van der Waals surface area contributed by atoms with Crippen molar-refractivity contribution < 1.29 is 59.2 Å². The first-order valence-corrected chi connectivity index (χ1v) is 44.6. The third-order valence-corrected chi connectivity index (χ3v) is 35.1. The minimum atomic E-state index is -3.13. The van der Waals surface area contributed by atoms with Crippen LogP contribution in [0, 0.1) is 0 Å². The lowest BCUT2D eigenvalue weighted by molar-refractivity contribution is -0.128. The zero-order valence-corrected chi connectivity index (χ0v) is 53.7. The maximum Gasteiger partial charge on any atom is 0.317 e. The molecule has 0 saturated heterocycles. The molecule has 20 nitrogen and oxygen atoms in total. The van der Waals surface area contributed by atoms with Gasteiger partial charge in [0, 0.05) is 57.8 Å². The Morgan fingerprint density at radius 1 is 0.556 bits per heavy atom. The van der Waals surface area contributed by atoms with Crippen LogP contribution in [0.25, 0.3) is 0 Å². The summed E-state index contributed by atoms with van der Waals surface area (Å²) in [5.74, 6) is 0.136. The molecule has 5 unspecified atom stereocenters. The maximum absolute atomic E-state index is 13.5. The van der Waals surface area contributed by atoms with Gasteiger partial charge in [-0.3, -0.25) is 33.6 Å². The maximum atomic E-state index is 13.5. The highest BCUT2D eigenvalue weighted by molar-refractivity contribution is 7.99. The molecule has 0 radical (unpaired) electrons. The van der Waals surface area contributed by atoms with Gasteiger partial charge in [0.15, 0.2) is 16.6 Å². The Morgan fingerprint density at radius 2 is 0.986 bits per heavy atom. The quantitative estimate of drug-likeness (QED) is 0.0180. The lowest BCUT2D eigenvalue weighted by Gasteiger charge is -2.46. The molecule has 0 spiro atoms. The molecule has 72 heavy (non-hydrogen) atoms. The summed E-state index contributed by atoms with van der Waals surface area (Å²) in [5, 5.41) is 28.2. The number of hydrogen-bond acceptors (Lipinski definition) is 15. The van der Waals surface area contributed by atoms with Crippen LogP contribution in [0.2, 0.25) is 90.1 Å². The molecule has 28 heteroatoms. The van der Waals surface area contributed by atoms with Crippen molar-refractivity contribution in [3.63, 3.8) is 0 Å². The minimum absolute atomic E-state index is 0.00443. The van der Waals surface area contributed by atoms with Crippen LogP contribution in [-0.4, -0.2) is 165 Å². The SMILES string of the molecule is C=CC(=O)NCNC(=O)CCSCCC(NC(C)=O)C(=O)NCCC[Si](C)(O[Si](C)(C)O[Si](C)(C)C)O[Si](C)(CCC)O[Si](C)(CCCNC(=O)C(CCSCCC(=O)NCCO)NC(C)=O)O[Si](C)(C)C. The lowest BCUT2D eigenvalue weighted by Crippen LogP contribution is -2.62. The van der Waals surface area contributed by atoms with E-state index >= 15 is 0 Å². The first-order valence-electron chi connectivity index (χ1n) is 25.1. The molecule has 7 amide bonds. The van der Waals surface area contributed by atoms with E-state index in [-0.39, 0.29) is 74.0 Å². The number of carbonyl (C=O) groups excluding carboxylic acids is 7. The Labute approximate surface area is 446 Å². The van der Waals surface area contributed by atoms with Gasteiger partial charge in [0.05, 0.1) is 13.3 Å². The second kappa shape index (κ2) is 35.2. The van der Waals surface area contributed by atoms with Gasteiger partial charge in [-0.1, -0.05) is 19.9 Å². The number of rotatable bonds is 41. The summed E-state index contributed by atoms with van der Waals surface area (Å²) in [5.41, 5.74) is 0. The third-order valence-electron chi connectivity index (χ3n) is 9.92. The number of aliphatic hydroxyl groups is 1. The highest BCUT2D eigenvalue weighted by Gasteiger charge is 2.51. The zero-order chi connectivity index (χ0) is 55.2. The van der Waals surface area contributed by atoms with Crippen molar-refractivity contribution in [3.05, 3.63) is 12.7 Å². The molecule has 5 atom stereocenters. The Morgan fingerprint density at radius 3 is 1.39 bits per heavy atom. The van der Waals surface area contributed by atoms with Crippen molar-refractivity contribution in [2.75, 3.05) is 55.9 Å². The van der Waals surface area contributed by atoms with Crippen molar-refractivity contribution in [1.82, 2.24) is 37.2 Å². The zero-order valence-electron chi connectivity index (χ0n) is 46.0. The molecule has 418 valence electrons. The molecular formula is C44H93N7O13S2Si6. The molecule has 0 heterocycles. The molecule has 0 aliphatic carbocycles. The molecule has 0 fully saturated rings. The molecule has 0 aromatic heterocycles. The standard InChI is InChI=1S/C44H93N7O13S2Si6/c1-16-32-70(13,63-71(14,61-68(8,9)10)33-18-24-46-43(58)38(50-36(3)53)20-28-65-30-22-41(56)45-26-27-52)64-72(15,62-69(11,12)60-67(5,6)7)34-19-25-47-44(59)39(51-37(4)54)21-29-66-31-23-42(57)49-35-48-40(55)17-2/h17,38-39,52H,2,16,18-35H2,1,3-15H3,(H,45,56)(H,46,58)(H,47,59)(H,48,55)(H,49,57)(H,50,53)(H,51,54). The number of amides is 7. The Hall–Kier alpha value is -2.21. The number of aliphatic hydroxyl groups excluding tert-OH is 1. The minimum Gasteiger partial charge on any atom is -0.437 e. The molecule has 0 aliphatic rings. The van der Waals surface area contributed by atoms with Crippen molar-refractivity contribution in [2.45, 2.75) is 168 Å². The van der Waals surface area contributed by atoms with E-state index < -0.39 is 63.0 Å². The van der Waals surface area contributed by atoms with Gasteiger partial charge in [0.25, 0.3) is 0 Å². The second-order valence-electron chi connectivity index (χ2n) is 20.5. The summed E-state index contributed by atoms with van der Waals surface area (Å²) < 4.78 is 35.5. The van der Waals surface area contributed by atoms with E-state index in [9.17, 15) is 33.6 Å². The largest absolute Gasteiger partial charge is 0.437 e. The first-order chi connectivity index (χ1) is 33.3. The van der Waals surface area contributed by atoms with Crippen LogP contribution < -0.4 is 37.2 Å². The van der Waals surface area contributed by atoms with E-state index in [0.717, 1.165) is 12.5 Å². The van der Waals surface area contributed by atoms with Crippen LogP contribution in [0.5, 0.6) is 0 Å². The summed E-state index contributed by atoms with van der Waals surface area (Å²) in [7, 11) is -16.2. The van der Waals surface area contributed by atoms with E-state index in [1.165, 1.54) is 37.4 Å². The van der Waals surface area contributed by atoms with E-state index in [1.807, 2.05) is 13.1 Å². The van der Waals surface area contributed by atoms with Gasteiger partial charge in [-0.2, -0.15) is 23.5 Å². The van der Waals surface area contributed by atoms with Crippen LogP contribution in [0.3, 0.4) is 0 Å². The molecule has 0 bridgehead atoms. The van der Waals surface area contributed by atoms with Gasteiger partial charge in [0.1, 0.15) is 12.1 Å². The highest BCUT2D eigenvalue weighted by atomic mass is 32.2. The molecule has 0 aliphatic heterocycles. The smallest absolute Gasteiger partial charge is 0.317 e. The van der Waals surface area contributed by atoms with E-state index in [1.54, 1.807) is 0 Å². The van der Waals surface area contributed by atoms with Gasteiger partial charge < -0.3 is 62.9 Å². The summed E-state index contributed by atoms with van der Waals surface area (Å²) in [4.78, 5) is 86.4. The molecule has 8 N–H and O–H groups in total.